The highest BCUT2D eigenvalue weighted by atomic mass is 32.1. The van der Waals surface area contributed by atoms with Crippen LogP contribution in [0.3, 0.4) is 0 Å². The molecule has 0 aromatic carbocycles. The van der Waals surface area contributed by atoms with Crippen molar-refractivity contribution in [1.82, 2.24) is 4.90 Å². The summed E-state index contributed by atoms with van der Waals surface area (Å²) in [5, 5.41) is 2.11. The first kappa shape index (κ1) is 14.3. The predicted octanol–water partition coefficient (Wildman–Crippen LogP) is 3.56. The highest BCUT2D eigenvalue weighted by Crippen LogP contribution is 2.27. The lowest BCUT2D eigenvalue weighted by atomic mass is 10.0. The molecule has 0 aliphatic heterocycles. The highest BCUT2D eigenvalue weighted by Gasteiger charge is 2.26. The Morgan fingerprint density at radius 3 is 2.68 bits per heavy atom. The molecule has 0 saturated carbocycles. The Hall–Kier alpha value is -1.10. The van der Waals surface area contributed by atoms with Crippen LogP contribution in [0, 0.1) is 6.92 Å². The molecule has 3 nitrogen and oxygen atoms in total. The number of rotatable bonds is 6. The van der Waals surface area contributed by atoms with Crippen LogP contribution in [0.1, 0.15) is 35.8 Å². The van der Waals surface area contributed by atoms with Gasteiger partial charge in [-0.15, -0.1) is 11.3 Å². The predicted molar refractivity (Wildman–Crippen MR) is 80.2 cm³/mol. The maximum absolute atomic E-state index is 6.29. The maximum atomic E-state index is 6.29. The topological polar surface area (TPSA) is 42.4 Å². The van der Waals surface area contributed by atoms with Crippen LogP contribution in [0.4, 0.5) is 0 Å². The van der Waals surface area contributed by atoms with Crippen molar-refractivity contribution in [2.24, 2.45) is 5.73 Å². The van der Waals surface area contributed by atoms with Crippen LogP contribution in [0.15, 0.2) is 34.1 Å². The monoisotopic (exact) mass is 278 g/mol. The number of hydrogen-bond donors (Lipinski definition) is 1. The highest BCUT2D eigenvalue weighted by molar-refractivity contribution is 7.09. The molecular formula is C15H22N2OS. The molecule has 4 heteroatoms. The van der Waals surface area contributed by atoms with Gasteiger partial charge in [-0.1, -0.05) is 13.0 Å². The zero-order chi connectivity index (χ0) is 13.8. The van der Waals surface area contributed by atoms with E-state index < -0.39 is 0 Å². The maximum Gasteiger partial charge on any atom is 0.122 e. The molecule has 104 valence electrons. The molecule has 2 aromatic rings. The number of furan rings is 1. The van der Waals surface area contributed by atoms with Crippen LogP contribution in [-0.2, 0) is 6.54 Å². The van der Waals surface area contributed by atoms with Gasteiger partial charge < -0.3 is 10.2 Å². The van der Waals surface area contributed by atoms with Crippen molar-refractivity contribution in [3.63, 3.8) is 0 Å². The molecule has 0 bridgehead atoms. The zero-order valence-electron chi connectivity index (χ0n) is 11.8. The zero-order valence-corrected chi connectivity index (χ0v) is 12.6. The summed E-state index contributed by atoms with van der Waals surface area (Å²) in [5.74, 6) is 1.90. The molecule has 0 aliphatic rings. The van der Waals surface area contributed by atoms with E-state index in [-0.39, 0.29) is 12.1 Å². The first-order valence-electron chi connectivity index (χ1n) is 6.66. The smallest absolute Gasteiger partial charge is 0.122 e. The van der Waals surface area contributed by atoms with Gasteiger partial charge in [-0.25, -0.2) is 0 Å². The number of aryl methyl sites for hydroxylation is 1. The molecule has 0 saturated heterocycles. The van der Waals surface area contributed by atoms with E-state index in [0.717, 1.165) is 24.5 Å². The number of nitrogens with zero attached hydrogens (tertiary/aromatic N) is 1. The van der Waals surface area contributed by atoms with E-state index in [4.69, 9.17) is 10.2 Å². The van der Waals surface area contributed by atoms with Crippen molar-refractivity contribution < 1.29 is 4.42 Å². The second-order valence-corrected chi connectivity index (χ2v) is 5.99. The summed E-state index contributed by atoms with van der Waals surface area (Å²) in [4.78, 5) is 3.62. The molecule has 0 radical (unpaired) electrons. The van der Waals surface area contributed by atoms with Crippen LogP contribution in [0.2, 0.25) is 0 Å². The fourth-order valence-electron chi connectivity index (χ4n) is 2.34. The average Bonchev–Trinajstić information content (AvgIpc) is 3.01. The molecule has 2 N–H and O–H groups in total. The minimum atomic E-state index is 0.0792. The van der Waals surface area contributed by atoms with Gasteiger partial charge in [0.05, 0.1) is 6.04 Å². The summed E-state index contributed by atoms with van der Waals surface area (Å²) in [6, 6.07) is 8.49. The quantitative estimate of drug-likeness (QED) is 0.878. The summed E-state index contributed by atoms with van der Waals surface area (Å²) in [5.41, 5.74) is 6.29. The second-order valence-electron chi connectivity index (χ2n) is 4.96. The normalized spacial score (nSPS) is 14.8. The van der Waals surface area contributed by atoms with Crippen molar-refractivity contribution in [3.8, 4) is 0 Å². The number of thiophene rings is 1. The number of hydrogen-bond acceptors (Lipinski definition) is 4. The van der Waals surface area contributed by atoms with E-state index in [1.807, 2.05) is 19.1 Å². The Kier molecular flexibility index (Phi) is 4.80. The van der Waals surface area contributed by atoms with E-state index in [9.17, 15) is 0 Å². The third kappa shape index (κ3) is 3.47. The van der Waals surface area contributed by atoms with Crippen LogP contribution < -0.4 is 5.73 Å². The molecule has 19 heavy (non-hydrogen) atoms. The average molecular weight is 278 g/mol. The first-order valence-corrected chi connectivity index (χ1v) is 7.54. The summed E-state index contributed by atoms with van der Waals surface area (Å²) in [6.45, 7) is 4.99. The molecule has 0 spiro atoms. The summed E-state index contributed by atoms with van der Waals surface area (Å²) in [6.07, 6.45) is 0.930. The molecule has 2 heterocycles. The standard InChI is InChI=1S/C15H22N2OS/c1-4-13(16)15(14-8-7-11(2)18-14)17(3)10-12-6-5-9-19-12/h5-9,13,15H,4,10,16H2,1-3H3. The lowest BCUT2D eigenvalue weighted by molar-refractivity contribution is 0.176. The lowest BCUT2D eigenvalue weighted by Crippen LogP contribution is -2.38. The van der Waals surface area contributed by atoms with Crippen molar-refractivity contribution in [2.75, 3.05) is 7.05 Å². The van der Waals surface area contributed by atoms with Gasteiger partial charge in [0.1, 0.15) is 11.5 Å². The van der Waals surface area contributed by atoms with Crippen LogP contribution >= 0.6 is 11.3 Å². The van der Waals surface area contributed by atoms with Gasteiger partial charge in [0, 0.05) is 17.5 Å². The minimum Gasteiger partial charge on any atom is -0.465 e. The van der Waals surface area contributed by atoms with Gasteiger partial charge in [0.2, 0.25) is 0 Å². The van der Waals surface area contributed by atoms with E-state index in [1.54, 1.807) is 11.3 Å². The van der Waals surface area contributed by atoms with Crippen molar-refractivity contribution >= 4 is 11.3 Å². The van der Waals surface area contributed by atoms with Crippen LogP contribution in [0.5, 0.6) is 0 Å². The Bertz CT molecular complexity index is 492. The SMILES string of the molecule is CCC(N)C(c1ccc(C)o1)N(C)Cc1cccs1. The van der Waals surface area contributed by atoms with Gasteiger partial charge in [0.25, 0.3) is 0 Å². The van der Waals surface area contributed by atoms with Gasteiger partial charge in [-0.2, -0.15) is 0 Å². The fraction of sp³-hybridized carbons (Fsp3) is 0.467. The van der Waals surface area contributed by atoms with Gasteiger partial charge >= 0.3 is 0 Å². The summed E-state index contributed by atoms with van der Waals surface area (Å²) in [7, 11) is 2.11. The van der Waals surface area contributed by atoms with E-state index >= 15 is 0 Å². The molecule has 2 aromatic heterocycles. The Labute approximate surface area is 119 Å². The molecule has 0 aliphatic carbocycles. The fourth-order valence-corrected chi connectivity index (χ4v) is 3.10. The van der Waals surface area contributed by atoms with Crippen molar-refractivity contribution in [2.45, 2.75) is 38.9 Å². The summed E-state index contributed by atoms with van der Waals surface area (Å²) < 4.78 is 5.79. The van der Waals surface area contributed by atoms with Gasteiger partial charge in [-0.3, -0.25) is 4.90 Å². The Morgan fingerprint density at radius 1 is 1.37 bits per heavy atom. The Morgan fingerprint density at radius 2 is 2.16 bits per heavy atom. The van der Waals surface area contributed by atoms with Crippen LogP contribution in [-0.4, -0.2) is 18.0 Å². The number of nitrogens with two attached hydrogens (primary N) is 1. The largest absolute Gasteiger partial charge is 0.465 e. The molecular weight excluding hydrogens is 256 g/mol. The second kappa shape index (κ2) is 6.37. The van der Waals surface area contributed by atoms with Gasteiger partial charge in [0.15, 0.2) is 0 Å². The van der Waals surface area contributed by atoms with E-state index in [0.29, 0.717) is 0 Å². The van der Waals surface area contributed by atoms with E-state index in [2.05, 4.69) is 36.4 Å². The molecule has 2 atom stereocenters. The third-order valence-electron chi connectivity index (χ3n) is 3.39. The molecule has 0 fully saturated rings. The molecule has 2 unspecified atom stereocenters. The van der Waals surface area contributed by atoms with Crippen molar-refractivity contribution in [3.05, 3.63) is 46.0 Å². The molecule has 0 amide bonds. The number of likely N-dealkylation sites (N-methyl/N-ethyl adjacent to an activating group) is 1. The minimum absolute atomic E-state index is 0.0792. The summed E-state index contributed by atoms with van der Waals surface area (Å²) >= 11 is 1.78. The van der Waals surface area contributed by atoms with Crippen LogP contribution in [0.25, 0.3) is 0 Å². The van der Waals surface area contributed by atoms with E-state index in [1.165, 1.54) is 4.88 Å². The van der Waals surface area contributed by atoms with Crippen molar-refractivity contribution in [1.29, 1.82) is 0 Å². The van der Waals surface area contributed by atoms with Gasteiger partial charge in [-0.05, 0) is 44.0 Å². The molecule has 2 rings (SSSR count). The third-order valence-corrected chi connectivity index (χ3v) is 4.25. The Balaban J connectivity index is 2.17. The first-order chi connectivity index (χ1) is 9.11. The lowest BCUT2D eigenvalue weighted by Gasteiger charge is -2.30.